The molecule has 1 heterocycles. The first kappa shape index (κ1) is 15.3. The summed E-state index contributed by atoms with van der Waals surface area (Å²) in [4.78, 5) is 2.47. The van der Waals surface area contributed by atoms with Crippen LogP contribution >= 0.6 is 0 Å². The summed E-state index contributed by atoms with van der Waals surface area (Å²) in [6.07, 6.45) is 2.05. The Bertz CT molecular complexity index is 456. The zero-order valence-electron chi connectivity index (χ0n) is 13.3. The Morgan fingerprint density at radius 1 is 1.30 bits per heavy atom. The molecule has 2 unspecified atom stereocenters. The van der Waals surface area contributed by atoms with E-state index in [1.54, 1.807) is 0 Å². The van der Waals surface area contributed by atoms with Crippen molar-refractivity contribution in [3.63, 3.8) is 0 Å². The monoisotopic (exact) mass is 276 g/mol. The van der Waals surface area contributed by atoms with Crippen molar-refractivity contribution in [3.8, 4) is 5.75 Å². The van der Waals surface area contributed by atoms with E-state index < -0.39 is 0 Å². The molecule has 0 aromatic heterocycles. The first-order chi connectivity index (χ1) is 9.56. The third-order valence-corrected chi connectivity index (χ3v) is 4.94. The van der Waals surface area contributed by atoms with Gasteiger partial charge in [0.15, 0.2) is 0 Å². The van der Waals surface area contributed by atoms with E-state index in [4.69, 9.17) is 10.5 Å². The fourth-order valence-corrected chi connectivity index (χ4v) is 3.35. The Balaban J connectivity index is 2.30. The summed E-state index contributed by atoms with van der Waals surface area (Å²) < 4.78 is 5.58. The molecular weight excluding hydrogens is 248 g/mol. The molecule has 0 spiro atoms. The minimum atomic E-state index is -0.00278. The van der Waals surface area contributed by atoms with Crippen LogP contribution in [0.1, 0.15) is 51.3 Å². The Hall–Kier alpha value is -1.06. The van der Waals surface area contributed by atoms with E-state index >= 15 is 0 Å². The Morgan fingerprint density at radius 3 is 2.60 bits per heavy atom. The second-order valence-electron chi connectivity index (χ2n) is 5.83. The lowest BCUT2D eigenvalue weighted by Crippen LogP contribution is -2.53. The summed E-state index contributed by atoms with van der Waals surface area (Å²) in [5.74, 6) is 1.03. The first-order valence-electron chi connectivity index (χ1n) is 7.83. The molecule has 0 aliphatic carbocycles. The van der Waals surface area contributed by atoms with E-state index in [-0.39, 0.29) is 11.6 Å². The second kappa shape index (κ2) is 6.15. The van der Waals surface area contributed by atoms with E-state index in [2.05, 4.69) is 50.8 Å². The number of rotatable bonds is 6. The SMILES string of the molecule is CCN(CC)C(C)(CC)C(N)c1ccc2c(c1)CCO2. The molecule has 1 aliphatic rings. The van der Waals surface area contributed by atoms with Gasteiger partial charge < -0.3 is 10.5 Å². The molecule has 0 radical (unpaired) electrons. The molecule has 2 atom stereocenters. The number of benzene rings is 1. The third kappa shape index (κ3) is 2.57. The molecule has 1 aromatic rings. The van der Waals surface area contributed by atoms with E-state index in [1.165, 1.54) is 11.1 Å². The fraction of sp³-hybridized carbons (Fsp3) is 0.647. The van der Waals surface area contributed by atoms with E-state index in [0.29, 0.717) is 0 Å². The highest BCUT2D eigenvalue weighted by molar-refractivity contribution is 5.41. The van der Waals surface area contributed by atoms with Gasteiger partial charge in [-0.15, -0.1) is 0 Å². The Kier molecular flexibility index (Phi) is 4.71. The van der Waals surface area contributed by atoms with Gasteiger partial charge in [-0.3, -0.25) is 4.90 Å². The van der Waals surface area contributed by atoms with Crippen LogP contribution in [0.2, 0.25) is 0 Å². The lowest BCUT2D eigenvalue weighted by atomic mass is 9.83. The summed E-state index contributed by atoms with van der Waals surface area (Å²) in [5, 5.41) is 0. The van der Waals surface area contributed by atoms with Crippen molar-refractivity contribution in [3.05, 3.63) is 29.3 Å². The highest BCUT2D eigenvalue weighted by Crippen LogP contribution is 2.35. The minimum Gasteiger partial charge on any atom is -0.493 e. The largest absolute Gasteiger partial charge is 0.493 e. The van der Waals surface area contributed by atoms with Crippen molar-refractivity contribution in [2.75, 3.05) is 19.7 Å². The quantitative estimate of drug-likeness (QED) is 0.867. The van der Waals surface area contributed by atoms with Gasteiger partial charge in [0.1, 0.15) is 5.75 Å². The van der Waals surface area contributed by atoms with Gasteiger partial charge >= 0.3 is 0 Å². The zero-order chi connectivity index (χ0) is 14.8. The molecular formula is C17H28N2O. The molecule has 0 bridgehead atoms. The molecule has 0 saturated heterocycles. The predicted octanol–water partition coefficient (Wildman–Crippen LogP) is 3.13. The average molecular weight is 276 g/mol. The van der Waals surface area contributed by atoms with Crippen LogP contribution in [0.15, 0.2) is 18.2 Å². The van der Waals surface area contributed by atoms with Gasteiger partial charge in [-0.1, -0.05) is 32.9 Å². The summed E-state index contributed by atoms with van der Waals surface area (Å²) in [7, 11) is 0. The van der Waals surface area contributed by atoms with Gasteiger partial charge in [-0.05, 0) is 43.6 Å². The lowest BCUT2D eigenvalue weighted by molar-refractivity contribution is 0.0844. The molecule has 0 saturated carbocycles. The maximum absolute atomic E-state index is 6.65. The number of fused-ring (bicyclic) bond motifs is 1. The Morgan fingerprint density at radius 2 is 2.00 bits per heavy atom. The zero-order valence-corrected chi connectivity index (χ0v) is 13.3. The highest BCUT2D eigenvalue weighted by Gasteiger charge is 2.36. The first-order valence-corrected chi connectivity index (χ1v) is 7.83. The van der Waals surface area contributed by atoms with Crippen LogP contribution < -0.4 is 10.5 Å². The van der Waals surface area contributed by atoms with Crippen LogP contribution in [0.25, 0.3) is 0 Å². The van der Waals surface area contributed by atoms with Crippen LogP contribution in [0.5, 0.6) is 5.75 Å². The average Bonchev–Trinajstić information content (AvgIpc) is 2.94. The molecule has 0 amide bonds. The molecule has 3 nitrogen and oxygen atoms in total. The summed E-state index contributed by atoms with van der Waals surface area (Å²) >= 11 is 0. The number of ether oxygens (including phenoxy) is 1. The van der Waals surface area contributed by atoms with Crippen molar-refractivity contribution in [1.82, 2.24) is 4.90 Å². The standard InChI is InChI=1S/C17H28N2O/c1-5-17(4,19(6-2)7-3)16(18)14-8-9-15-13(12-14)10-11-20-15/h8-9,12,16H,5-7,10-11,18H2,1-4H3. The van der Waals surface area contributed by atoms with E-state index in [0.717, 1.165) is 38.3 Å². The van der Waals surface area contributed by atoms with Gasteiger partial charge in [0.05, 0.1) is 6.61 Å². The fourth-order valence-electron chi connectivity index (χ4n) is 3.35. The normalized spacial score (nSPS) is 18.5. The number of nitrogens with zero attached hydrogens (tertiary/aromatic N) is 1. The number of nitrogens with two attached hydrogens (primary N) is 1. The molecule has 1 aromatic carbocycles. The number of hydrogen-bond acceptors (Lipinski definition) is 3. The van der Waals surface area contributed by atoms with Gasteiger partial charge in [-0.2, -0.15) is 0 Å². The minimum absolute atomic E-state index is 0.00278. The van der Waals surface area contributed by atoms with Crippen molar-refractivity contribution in [1.29, 1.82) is 0 Å². The van der Waals surface area contributed by atoms with E-state index in [1.807, 2.05) is 0 Å². The third-order valence-electron chi connectivity index (χ3n) is 4.94. The highest BCUT2D eigenvalue weighted by atomic mass is 16.5. The van der Waals surface area contributed by atoms with E-state index in [9.17, 15) is 0 Å². The molecule has 20 heavy (non-hydrogen) atoms. The van der Waals surface area contributed by atoms with Crippen molar-refractivity contribution in [2.24, 2.45) is 5.73 Å². The molecule has 3 heteroatoms. The smallest absolute Gasteiger partial charge is 0.122 e. The lowest BCUT2D eigenvalue weighted by Gasteiger charge is -2.44. The summed E-state index contributed by atoms with van der Waals surface area (Å²) in [6.45, 7) is 11.8. The molecule has 0 fully saturated rings. The predicted molar refractivity (Wildman–Crippen MR) is 84.2 cm³/mol. The van der Waals surface area contributed by atoms with Gasteiger partial charge in [0.25, 0.3) is 0 Å². The summed E-state index contributed by atoms with van der Waals surface area (Å²) in [6, 6.07) is 6.48. The molecule has 2 N–H and O–H groups in total. The van der Waals surface area contributed by atoms with Crippen LogP contribution in [0.4, 0.5) is 0 Å². The van der Waals surface area contributed by atoms with Crippen LogP contribution in [0.3, 0.4) is 0 Å². The van der Waals surface area contributed by atoms with Gasteiger partial charge in [0.2, 0.25) is 0 Å². The van der Waals surface area contributed by atoms with Gasteiger partial charge in [-0.25, -0.2) is 0 Å². The maximum atomic E-state index is 6.65. The number of likely N-dealkylation sites (N-methyl/N-ethyl adjacent to an activating group) is 1. The van der Waals surface area contributed by atoms with Crippen LogP contribution in [-0.4, -0.2) is 30.1 Å². The van der Waals surface area contributed by atoms with Gasteiger partial charge in [0, 0.05) is 18.0 Å². The van der Waals surface area contributed by atoms with Crippen LogP contribution in [-0.2, 0) is 6.42 Å². The molecule has 1 aliphatic heterocycles. The Labute approximate surface area is 123 Å². The van der Waals surface area contributed by atoms with Crippen molar-refractivity contribution >= 4 is 0 Å². The van der Waals surface area contributed by atoms with Crippen molar-refractivity contribution < 1.29 is 4.74 Å². The molecule has 112 valence electrons. The van der Waals surface area contributed by atoms with Crippen molar-refractivity contribution in [2.45, 2.75) is 52.1 Å². The van der Waals surface area contributed by atoms with Crippen LogP contribution in [0, 0.1) is 0 Å². The number of hydrogen-bond donors (Lipinski definition) is 1. The molecule has 2 rings (SSSR count). The second-order valence-corrected chi connectivity index (χ2v) is 5.83. The topological polar surface area (TPSA) is 38.5 Å². The summed E-state index contributed by atoms with van der Waals surface area (Å²) in [5.41, 5.74) is 9.17. The maximum Gasteiger partial charge on any atom is 0.122 e.